The molecule has 3 aromatic rings. The van der Waals surface area contributed by atoms with Gasteiger partial charge in [0.15, 0.2) is 15.5 Å². The monoisotopic (exact) mass is 505 g/mol. The summed E-state index contributed by atoms with van der Waals surface area (Å²) in [5.41, 5.74) is 3.19. The Morgan fingerprint density at radius 1 is 1.08 bits per heavy atom. The SMILES string of the molecule is CC(C)(C)[SiH2]OC(C)(C)c1ccc(Nc2nccc(-c3ccc(N4CC[C@H](F)C4)c(C#N)n3)n2)cn1. The van der Waals surface area contributed by atoms with Crippen molar-refractivity contribution in [2.75, 3.05) is 23.3 Å². The van der Waals surface area contributed by atoms with E-state index in [2.05, 4.69) is 52.1 Å². The number of hydrogen-bond acceptors (Lipinski definition) is 8. The maximum Gasteiger partial charge on any atom is 0.227 e. The minimum atomic E-state index is -0.876. The lowest BCUT2D eigenvalue weighted by molar-refractivity contribution is 0.104. The fourth-order valence-electron chi connectivity index (χ4n) is 3.85. The zero-order chi connectivity index (χ0) is 25.9. The van der Waals surface area contributed by atoms with Crippen molar-refractivity contribution < 1.29 is 8.82 Å². The summed E-state index contributed by atoms with van der Waals surface area (Å²) in [6.45, 7) is 11.5. The molecule has 4 rings (SSSR count). The molecule has 0 unspecified atom stereocenters. The molecule has 1 atom stereocenters. The van der Waals surface area contributed by atoms with Crippen LogP contribution in [0.2, 0.25) is 5.04 Å². The Labute approximate surface area is 213 Å². The van der Waals surface area contributed by atoms with E-state index in [1.807, 2.05) is 36.9 Å². The highest BCUT2D eigenvalue weighted by Crippen LogP contribution is 2.30. The quantitative estimate of drug-likeness (QED) is 0.463. The molecule has 8 nitrogen and oxygen atoms in total. The summed E-state index contributed by atoms with van der Waals surface area (Å²) >= 11 is 0. The van der Waals surface area contributed by atoms with Crippen molar-refractivity contribution in [3.05, 3.63) is 54.1 Å². The van der Waals surface area contributed by atoms with E-state index in [0.717, 1.165) is 11.4 Å². The Balaban J connectivity index is 1.48. The number of alkyl halides is 1. The van der Waals surface area contributed by atoms with E-state index in [-0.39, 0.29) is 17.3 Å². The highest BCUT2D eigenvalue weighted by molar-refractivity contribution is 6.31. The van der Waals surface area contributed by atoms with Crippen LogP contribution in [0.25, 0.3) is 11.4 Å². The molecule has 1 saturated heterocycles. The third kappa shape index (κ3) is 6.22. The van der Waals surface area contributed by atoms with Crippen molar-refractivity contribution in [2.24, 2.45) is 0 Å². The van der Waals surface area contributed by atoms with Crippen LogP contribution >= 0.6 is 0 Å². The number of nitrogens with zero attached hydrogens (tertiary/aromatic N) is 6. The Bertz CT molecular complexity index is 1250. The van der Waals surface area contributed by atoms with Crippen LogP contribution in [-0.4, -0.2) is 49.0 Å². The highest BCUT2D eigenvalue weighted by Gasteiger charge is 2.26. The standard InChI is InChI=1S/C26H32FN7OSi/c1-25(2,3)36-35-26(4,5)23-9-6-18(15-30-23)31-24-29-12-10-20(33-24)19-7-8-22(21(14-28)32-19)34-13-11-17(27)16-34/h6-10,12,15,17H,11,13,16,36H2,1-5H3,(H,29,31,33)/t17-/m0/s1. The lowest BCUT2D eigenvalue weighted by Crippen LogP contribution is -2.28. The fourth-order valence-corrected chi connectivity index (χ4v) is 4.80. The lowest BCUT2D eigenvalue weighted by atomic mass is 10.1. The number of rotatable bonds is 7. The molecule has 36 heavy (non-hydrogen) atoms. The Morgan fingerprint density at radius 2 is 1.86 bits per heavy atom. The molecule has 0 bridgehead atoms. The van der Waals surface area contributed by atoms with Crippen LogP contribution in [0.5, 0.6) is 0 Å². The third-order valence-electron chi connectivity index (χ3n) is 5.87. The molecule has 1 aliphatic heterocycles. The van der Waals surface area contributed by atoms with E-state index in [9.17, 15) is 9.65 Å². The van der Waals surface area contributed by atoms with Gasteiger partial charge in [0.1, 0.15) is 12.2 Å². The second kappa shape index (κ2) is 10.3. The van der Waals surface area contributed by atoms with Crippen molar-refractivity contribution in [3.63, 3.8) is 0 Å². The molecular weight excluding hydrogens is 473 g/mol. The molecule has 0 aromatic carbocycles. The number of pyridine rings is 2. The summed E-state index contributed by atoms with van der Waals surface area (Å²) < 4.78 is 19.9. The Hall–Kier alpha value is -3.42. The first kappa shape index (κ1) is 25.7. The maximum atomic E-state index is 13.6. The molecule has 0 saturated carbocycles. The van der Waals surface area contributed by atoms with Gasteiger partial charge < -0.3 is 14.6 Å². The molecule has 188 valence electrons. The summed E-state index contributed by atoms with van der Waals surface area (Å²) in [5.74, 6) is 0.391. The normalized spacial score (nSPS) is 16.5. The van der Waals surface area contributed by atoms with Crippen molar-refractivity contribution in [1.29, 1.82) is 5.26 Å². The summed E-state index contributed by atoms with van der Waals surface area (Å²) in [6.07, 6.45) is 2.96. The van der Waals surface area contributed by atoms with Crippen molar-refractivity contribution >= 4 is 27.1 Å². The van der Waals surface area contributed by atoms with Crippen LogP contribution in [0.15, 0.2) is 42.7 Å². The molecule has 4 heterocycles. The first-order valence-electron chi connectivity index (χ1n) is 12.1. The Morgan fingerprint density at radius 3 is 2.50 bits per heavy atom. The van der Waals surface area contributed by atoms with Crippen molar-refractivity contribution in [2.45, 2.75) is 57.9 Å². The second-order valence-corrected chi connectivity index (χ2v) is 13.4. The number of halogens is 1. The average molecular weight is 506 g/mol. The number of nitriles is 1. The van der Waals surface area contributed by atoms with Crippen LogP contribution in [0, 0.1) is 11.3 Å². The number of hydrogen-bond donors (Lipinski definition) is 1. The van der Waals surface area contributed by atoms with Crippen molar-refractivity contribution in [1.82, 2.24) is 19.9 Å². The molecule has 0 amide bonds. The van der Waals surface area contributed by atoms with E-state index < -0.39 is 21.5 Å². The predicted molar refractivity (Wildman–Crippen MR) is 142 cm³/mol. The molecule has 0 spiro atoms. The summed E-state index contributed by atoms with van der Waals surface area (Å²) in [4.78, 5) is 19.8. The average Bonchev–Trinajstić information content (AvgIpc) is 3.28. The zero-order valence-corrected chi connectivity index (χ0v) is 22.8. The van der Waals surface area contributed by atoms with Crippen LogP contribution in [-0.2, 0) is 10.0 Å². The van der Waals surface area contributed by atoms with Gasteiger partial charge in [0.25, 0.3) is 0 Å². The minimum Gasteiger partial charge on any atom is -0.413 e. The summed E-state index contributed by atoms with van der Waals surface area (Å²) in [6, 6.07) is 11.4. The van der Waals surface area contributed by atoms with Gasteiger partial charge in [0.2, 0.25) is 5.95 Å². The van der Waals surface area contributed by atoms with Gasteiger partial charge in [-0.2, -0.15) is 5.26 Å². The Kier molecular flexibility index (Phi) is 7.33. The van der Waals surface area contributed by atoms with E-state index in [4.69, 9.17) is 4.43 Å². The molecule has 0 aliphatic carbocycles. The zero-order valence-electron chi connectivity index (χ0n) is 21.4. The van der Waals surface area contributed by atoms with Crippen LogP contribution in [0.1, 0.15) is 52.4 Å². The molecule has 1 aliphatic rings. The summed E-state index contributed by atoms with van der Waals surface area (Å²) in [5, 5.41) is 13.0. The third-order valence-corrected chi connectivity index (χ3v) is 7.60. The highest BCUT2D eigenvalue weighted by atomic mass is 28.2. The van der Waals surface area contributed by atoms with Crippen LogP contribution in [0.3, 0.4) is 0 Å². The van der Waals surface area contributed by atoms with Gasteiger partial charge in [-0.1, -0.05) is 20.8 Å². The van der Waals surface area contributed by atoms with Gasteiger partial charge >= 0.3 is 0 Å². The van der Waals surface area contributed by atoms with Crippen LogP contribution in [0.4, 0.5) is 21.7 Å². The lowest BCUT2D eigenvalue weighted by Gasteiger charge is -2.29. The minimum absolute atomic E-state index is 0.204. The first-order chi connectivity index (χ1) is 17.0. The molecule has 10 heteroatoms. The summed E-state index contributed by atoms with van der Waals surface area (Å²) in [7, 11) is -0.721. The van der Waals surface area contributed by atoms with Gasteiger partial charge in [-0.3, -0.25) is 4.98 Å². The van der Waals surface area contributed by atoms with Gasteiger partial charge in [-0.25, -0.2) is 19.3 Å². The molecule has 3 aromatic heterocycles. The van der Waals surface area contributed by atoms with E-state index in [0.29, 0.717) is 36.0 Å². The van der Waals surface area contributed by atoms with Gasteiger partial charge in [0.05, 0.1) is 40.3 Å². The number of anilines is 3. The van der Waals surface area contributed by atoms with E-state index in [1.54, 1.807) is 24.5 Å². The molecule has 1 fully saturated rings. The number of nitrogens with one attached hydrogen (secondary N) is 1. The first-order valence-corrected chi connectivity index (χ1v) is 13.3. The van der Waals surface area contributed by atoms with E-state index >= 15 is 0 Å². The second-order valence-electron chi connectivity index (χ2n) is 10.7. The van der Waals surface area contributed by atoms with Gasteiger partial charge in [0, 0.05) is 19.3 Å². The fraction of sp³-hybridized carbons (Fsp3) is 0.423. The smallest absolute Gasteiger partial charge is 0.227 e. The maximum absolute atomic E-state index is 13.6. The topological polar surface area (TPSA) is 99.8 Å². The van der Waals surface area contributed by atoms with Gasteiger partial charge in [-0.15, -0.1) is 0 Å². The molecule has 0 radical (unpaired) electrons. The predicted octanol–water partition coefficient (Wildman–Crippen LogP) is 4.65. The van der Waals surface area contributed by atoms with Gasteiger partial charge in [-0.05, 0) is 55.6 Å². The molecule has 1 N–H and O–H groups in total. The van der Waals surface area contributed by atoms with Crippen molar-refractivity contribution in [3.8, 4) is 17.5 Å². The molecular formula is C26H32FN7OSi. The number of aromatic nitrogens is 4. The largest absolute Gasteiger partial charge is 0.413 e. The van der Waals surface area contributed by atoms with Crippen LogP contribution < -0.4 is 10.2 Å². The van der Waals surface area contributed by atoms with E-state index in [1.165, 1.54) is 0 Å².